The lowest BCUT2D eigenvalue weighted by molar-refractivity contribution is 0.0952. The van der Waals surface area contributed by atoms with E-state index in [1.54, 1.807) is 6.07 Å². The Morgan fingerprint density at radius 1 is 1.10 bits per heavy atom. The first kappa shape index (κ1) is 16.5. The van der Waals surface area contributed by atoms with E-state index >= 15 is 0 Å². The third kappa shape index (κ3) is 7.12. The van der Waals surface area contributed by atoms with Crippen LogP contribution in [-0.4, -0.2) is 17.4 Å². The fourth-order valence-electron chi connectivity index (χ4n) is 2.15. The zero-order chi connectivity index (χ0) is 14.6. The number of carbonyl (C=O) groups is 1. The Hall–Kier alpha value is -1.58. The van der Waals surface area contributed by atoms with Crippen LogP contribution in [-0.2, 0) is 0 Å². The summed E-state index contributed by atoms with van der Waals surface area (Å²) in [7, 11) is 0. The van der Waals surface area contributed by atoms with Gasteiger partial charge in [0.1, 0.15) is 0 Å². The number of aromatic nitrogens is 1. The zero-order valence-corrected chi connectivity index (χ0v) is 12.4. The third-order valence-electron chi connectivity index (χ3n) is 3.35. The third-order valence-corrected chi connectivity index (χ3v) is 3.35. The van der Waals surface area contributed by atoms with Crippen LogP contribution >= 0.6 is 0 Å². The van der Waals surface area contributed by atoms with Crippen molar-refractivity contribution in [2.24, 2.45) is 0 Å². The lowest BCUT2D eigenvalue weighted by Gasteiger charge is -2.05. The molecular weight excluding hydrogens is 252 g/mol. The number of nitrogens with one attached hydrogen (secondary N) is 2. The fraction of sp³-hybridized carbons (Fsp3) is 0.625. The summed E-state index contributed by atoms with van der Waals surface area (Å²) >= 11 is 0. The van der Waals surface area contributed by atoms with E-state index in [2.05, 4.69) is 17.2 Å². The minimum absolute atomic E-state index is 0.168. The molecule has 0 spiro atoms. The maximum atomic E-state index is 11.7. The summed E-state index contributed by atoms with van der Waals surface area (Å²) in [6, 6.07) is 2.94. The van der Waals surface area contributed by atoms with Crippen molar-refractivity contribution < 1.29 is 4.79 Å². The molecule has 2 N–H and O–H groups in total. The number of unbranched alkanes of at least 4 members (excludes halogenated alkanes) is 7. The average molecular weight is 278 g/mol. The molecule has 112 valence electrons. The van der Waals surface area contributed by atoms with Gasteiger partial charge in [-0.1, -0.05) is 51.9 Å². The minimum Gasteiger partial charge on any atom is -0.352 e. The number of aromatic amines is 1. The molecule has 0 aromatic carbocycles. The number of carbonyl (C=O) groups excluding carboxylic acids is 1. The van der Waals surface area contributed by atoms with Crippen molar-refractivity contribution in [2.45, 2.75) is 58.3 Å². The van der Waals surface area contributed by atoms with E-state index in [4.69, 9.17) is 0 Å². The highest BCUT2D eigenvalue weighted by Gasteiger charge is 2.04. The molecule has 0 unspecified atom stereocenters. The van der Waals surface area contributed by atoms with E-state index in [0.717, 1.165) is 12.8 Å². The second-order valence-electron chi connectivity index (χ2n) is 5.17. The van der Waals surface area contributed by atoms with Crippen molar-refractivity contribution >= 4 is 5.91 Å². The van der Waals surface area contributed by atoms with E-state index in [1.165, 1.54) is 50.8 Å². The molecule has 20 heavy (non-hydrogen) atoms. The summed E-state index contributed by atoms with van der Waals surface area (Å²) in [6.07, 6.45) is 11.5. The van der Waals surface area contributed by atoms with Crippen molar-refractivity contribution in [3.05, 3.63) is 34.2 Å². The van der Waals surface area contributed by atoms with Gasteiger partial charge in [-0.2, -0.15) is 0 Å². The van der Waals surface area contributed by atoms with Gasteiger partial charge in [0.25, 0.3) is 5.91 Å². The standard InChI is InChI=1S/C16H26N2O2/c1-2-3-4-5-6-7-8-9-11-18-16(20)14-10-12-17-15(19)13-14/h10,12-13H,2-9,11H2,1H3,(H,17,19)(H,18,20). The van der Waals surface area contributed by atoms with Crippen LogP contribution in [0.3, 0.4) is 0 Å². The molecule has 1 heterocycles. The van der Waals surface area contributed by atoms with Gasteiger partial charge in [0.05, 0.1) is 0 Å². The molecule has 0 radical (unpaired) electrons. The highest BCUT2D eigenvalue weighted by atomic mass is 16.2. The van der Waals surface area contributed by atoms with Crippen molar-refractivity contribution in [3.8, 4) is 0 Å². The maximum Gasteiger partial charge on any atom is 0.251 e. The van der Waals surface area contributed by atoms with Crippen LogP contribution in [0.25, 0.3) is 0 Å². The predicted octanol–water partition coefficient (Wildman–Crippen LogP) is 3.25. The number of hydrogen-bond donors (Lipinski definition) is 2. The molecule has 0 saturated carbocycles. The van der Waals surface area contributed by atoms with Crippen LogP contribution < -0.4 is 10.9 Å². The Kier molecular flexibility index (Phi) is 8.43. The monoisotopic (exact) mass is 278 g/mol. The number of pyridine rings is 1. The number of hydrogen-bond acceptors (Lipinski definition) is 2. The van der Waals surface area contributed by atoms with E-state index in [1.807, 2.05) is 0 Å². The van der Waals surface area contributed by atoms with Gasteiger partial charge in [0.2, 0.25) is 5.56 Å². The van der Waals surface area contributed by atoms with Gasteiger partial charge in [0, 0.05) is 24.4 Å². The first-order valence-corrected chi connectivity index (χ1v) is 7.71. The summed E-state index contributed by atoms with van der Waals surface area (Å²) in [5.41, 5.74) is 0.179. The predicted molar refractivity (Wildman–Crippen MR) is 82.0 cm³/mol. The van der Waals surface area contributed by atoms with Gasteiger partial charge >= 0.3 is 0 Å². The van der Waals surface area contributed by atoms with Gasteiger partial charge in [0.15, 0.2) is 0 Å². The van der Waals surface area contributed by atoms with Crippen molar-refractivity contribution in [1.29, 1.82) is 0 Å². The minimum atomic E-state index is -0.246. The Balaban J connectivity index is 2.04. The molecule has 0 aliphatic carbocycles. The van der Waals surface area contributed by atoms with Crippen LogP contribution in [0.15, 0.2) is 23.1 Å². The molecule has 0 aliphatic rings. The topological polar surface area (TPSA) is 62.0 Å². The number of amides is 1. The maximum absolute atomic E-state index is 11.7. The second-order valence-corrected chi connectivity index (χ2v) is 5.17. The number of rotatable bonds is 10. The van der Waals surface area contributed by atoms with E-state index in [-0.39, 0.29) is 11.5 Å². The van der Waals surface area contributed by atoms with Gasteiger partial charge < -0.3 is 10.3 Å². The van der Waals surface area contributed by atoms with E-state index in [0.29, 0.717) is 12.1 Å². The number of H-pyrrole nitrogens is 1. The summed E-state index contributed by atoms with van der Waals surface area (Å²) in [5, 5.41) is 2.85. The average Bonchev–Trinajstić information content (AvgIpc) is 2.45. The van der Waals surface area contributed by atoms with E-state index < -0.39 is 0 Å². The molecular formula is C16H26N2O2. The van der Waals surface area contributed by atoms with Crippen molar-refractivity contribution in [3.63, 3.8) is 0 Å². The SMILES string of the molecule is CCCCCCCCCCNC(=O)c1cc[nH]c(=O)c1. The fourth-order valence-corrected chi connectivity index (χ4v) is 2.15. The molecule has 0 saturated heterocycles. The molecule has 1 amide bonds. The Labute approximate surface area is 121 Å². The normalized spacial score (nSPS) is 10.4. The molecule has 1 aromatic rings. The molecule has 0 atom stereocenters. The smallest absolute Gasteiger partial charge is 0.251 e. The van der Waals surface area contributed by atoms with Crippen LogP contribution in [0.2, 0.25) is 0 Å². The van der Waals surface area contributed by atoms with Gasteiger partial charge in [-0.25, -0.2) is 0 Å². The summed E-state index contributed by atoms with van der Waals surface area (Å²) in [4.78, 5) is 25.3. The van der Waals surface area contributed by atoms with Gasteiger partial charge in [-0.15, -0.1) is 0 Å². The molecule has 1 rings (SSSR count). The first-order chi connectivity index (χ1) is 9.74. The zero-order valence-electron chi connectivity index (χ0n) is 12.4. The molecule has 0 fully saturated rings. The molecule has 1 aromatic heterocycles. The Bertz CT molecular complexity index is 440. The summed E-state index contributed by atoms with van der Waals surface area (Å²) in [5.74, 6) is -0.168. The lowest BCUT2D eigenvalue weighted by atomic mass is 10.1. The van der Waals surface area contributed by atoms with Crippen molar-refractivity contribution in [2.75, 3.05) is 6.54 Å². The van der Waals surface area contributed by atoms with E-state index in [9.17, 15) is 9.59 Å². The first-order valence-electron chi connectivity index (χ1n) is 7.71. The molecule has 4 nitrogen and oxygen atoms in total. The summed E-state index contributed by atoms with van der Waals surface area (Å²) in [6.45, 7) is 2.91. The molecule has 4 heteroatoms. The van der Waals surface area contributed by atoms with Crippen LogP contribution in [0.4, 0.5) is 0 Å². The van der Waals surface area contributed by atoms with Crippen LogP contribution in [0, 0.1) is 0 Å². The van der Waals surface area contributed by atoms with Gasteiger partial charge in [-0.3, -0.25) is 9.59 Å². The Morgan fingerprint density at radius 2 is 1.75 bits per heavy atom. The quantitative estimate of drug-likeness (QED) is 0.645. The molecule has 0 bridgehead atoms. The largest absolute Gasteiger partial charge is 0.352 e. The van der Waals surface area contributed by atoms with Crippen molar-refractivity contribution in [1.82, 2.24) is 10.3 Å². The lowest BCUT2D eigenvalue weighted by Crippen LogP contribution is -2.25. The molecule has 0 aliphatic heterocycles. The van der Waals surface area contributed by atoms with Crippen LogP contribution in [0.1, 0.15) is 68.6 Å². The van der Waals surface area contributed by atoms with Crippen LogP contribution in [0.5, 0.6) is 0 Å². The highest BCUT2D eigenvalue weighted by Crippen LogP contribution is 2.07. The summed E-state index contributed by atoms with van der Waals surface area (Å²) < 4.78 is 0. The highest BCUT2D eigenvalue weighted by molar-refractivity contribution is 5.93. The Morgan fingerprint density at radius 3 is 2.40 bits per heavy atom. The second kappa shape index (κ2) is 10.2. The van der Waals surface area contributed by atoms with Gasteiger partial charge in [-0.05, 0) is 12.5 Å².